The van der Waals surface area contributed by atoms with Gasteiger partial charge < -0.3 is 19.4 Å². The minimum Gasteiger partial charge on any atom is -0.364 e. The number of imide groups is 1. The summed E-state index contributed by atoms with van der Waals surface area (Å²) in [5.41, 5.74) is -1.28. The van der Waals surface area contributed by atoms with Crippen molar-refractivity contribution in [1.29, 1.82) is 0 Å². The van der Waals surface area contributed by atoms with Crippen LogP contribution in [0.15, 0.2) is 36.4 Å². The predicted molar refractivity (Wildman–Crippen MR) is 202 cm³/mol. The fraction of sp³-hybridized carbons (Fsp3) is 0.622. The molecule has 55 heavy (non-hydrogen) atoms. The summed E-state index contributed by atoms with van der Waals surface area (Å²) in [6, 6.07) is 8.51. The Kier molecular flexibility index (Phi) is 12.5. The van der Waals surface area contributed by atoms with Crippen molar-refractivity contribution in [3.8, 4) is 0 Å². The van der Waals surface area contributed by atoms with Crippen molar-refractivity contribution in [3.05, 3.63) is 59.0 Å². The molecule has 0 unspecified atom stereocenters. The van der Waals surface area contributed by atoms with Crippen molar-refractivity contribution in [2.75, 3.05) is 26.3 Å². The minimum atomic E-state index is -4.69. The van der Waals surface area contributed by atoms with Gasteiger partial charge in [-0.25, -0.2) is 27.7 Å². The number of amides is 2. The lowest BCUT2D eigenvalue weighted by atomic mass is 10.1. The number of ether oxygens (including phenoxy) is 2. The number of nitrogens with one attached hydrogen (secondary N) is 2. The molecule has 2 amide bonds. The molecule has 1 aliphatic heterocycles. The molecule has 3 aromatic rings. The molecule has 2 aromatic heterocycles. The second kappa shape index (κ2) is 16.0. The van der Waals surface area contributed by atoms with E-state index in [0.29, 0.717) is 22.7 Å². The Balaban J connectivity index is 1.44. The Morgan fingerprint density at radius 2 is 1.56 bits per heavy atom. The highest BCUT2D eigenvalue weighted by Crippen LogP contribution is 2.41. The highest BCUT2D eigenvalue weighted by Gasteiger charge is 2.49. The maximum Gasteiger partial charge on any atom is 0.416 e. The minimum absolute atomic E-state index is 0.0202. The number of rotatable bonds is 18. The smallest absolute Gasteiger partial charge is 0.364 e. The van der Waals surface area contributed by atoms with Crippen LogP contribution in [0.5, 0.6) is 0 Å². The van der Waals surface area contributed by atoms with Crippen LogP contribution >= 0.6 is 0 Å². The number of alkyl halides is 5. The summed E-state index contributed by atoms with van der Waals surface area (Å²) in [4.78, 5) is 35.6. The van der Waals surface area contributed by atoms with E-state index in [4.69, 9.17) is 19.4 Å². The van der Waals surface area contributed by atoms with E-state index in [9.17, 15) is 27.0 Å². The molecular formula is C37H51F5N6O5SSi. The maximum absolute atomic E-state index is 15.5. The first-order valence-electron chi connectivity index (χ1n) is 18.3. The Labute approximate surface area is 321 Å². The maximum atomic E-state index is 15.5. The molecule has 0 radical (unpaired) electrons. The molecule has 0 saturated heterocycles. The molecule has 3 atom stereocenters. The average Bonchev–Trinajstić information content (AvgIpc) is 3.81. The van der Waals surface area contributed by atoms with Crippen LogP contribution < -0.4 is 10.0 Å². The van der Waals surface area contributed by atoms with E-state index >= 15 is 8.78 Å². The first-order chi connectivity index (χ1) is 25.4. The van der Waals surface area contributed by atoms with Gasteiger partial charge in [0.1, 0.15) is 18.6 Å². The summed E-state index contributed by atoms with van der Waals surface area (Å²) < 4.78 is 101. The number of carbonyl (C=O) groups is 2. The van der Waals surface area contributed by atoms with Crippen molar-refractivity contribution in [2.24, 2.45) is 5.92 Å². The summed E-state index contributed by atoms with van der Waals surface area (Å²) in [6.45, 7) is 11.5. The first-order valence-corrected chi connectivity index (χ1v) is 23.1. The highest BCUT2D eigenvalue weighted by atomic mass is 32.2. The Bertz CT molecular complexity index is 1870. The fourth-order valence-corrected chi connectivity index (χ4v) is 7.40. The molecule has 3 heterocycles. The number of pyridine rings is 1. The van der Waals surface area contributed by atoms with Crippen molar-refractivity contribution in [3.63, 3.8) is 0 Å². The third-order valence-electron chi connectivity index (χ3n) is 9.55. The number of nitrogens with zero attached hydrogens (tertiary/aromatic N) is 4. The Morgan fingerprint density at radius 3 is 2.11 bits per heavy atom. The van der Waals surface area contributed by atoms with Gasteiger partial charge in [0.25, 0.3) is 17.7 Å². The molecule has 1 fully saturated rings. The van der Waals surface area contributed by atoms with Crippen molar-refractivity contribution in [2.45, 2.75) is 114 Å². The lowest BCUT2D eigenvalue weighted by Gasteiger charge is -2.31. The van der Waals surface area contributed by atoms with Gasteiger partial charge in [-0.3, -0.25) is 14.5 Å². The predicted octanol–water partition coefficient (Wildman–Crippen LogP) is 7.17. The molecule has 5 rings (SSSR count). The number of carbonyl (C=O) groups excluding carboxylic acids is 2. The second-order valence-corrected chi connectivity index (χ2v) is 24.6. The van der Waals surface area contributed by atoms with E-state index in [1.54, 1.807) is 49.6 Å². The summed E-state index contributed by atoms with van der Waals surface area (Å²) in [7, 11) is -3.23. The van der Waals surface area contributed by atoms with Crippen LogP contribution in [-0.4, -0.2) is 92.3 Å². The van der Waals surface area contributed by atoms with Gasteiger partial charge >= 0.3 is 6.18 Å². The van der Waals surface area contributed by atoms with Crippen molar-refractivity contribution < 1.29 is 45.2 Å². The number of benzene rings is 1. The standard InChI is InChI=1S/C37H51F5N6O5SSi/c1-34(2,3)54(51)46-27(19-53-35(4,5)37(40,41)42)31-45-30-28(48(31)22-52-17-18-55(6,7)8)16-15-26(44-30)29(23-13-14-23)43-20-36(38,39)21-47-32(49)24-11-9-10-12-25(24)33(47)50/h9-12,15-16,23,27,29,43,46H,13-14,17-22H2,1-8H3/t27-,29+,54+/m0/s1. The molecule has 2 N–H and O–H groups in total. The van der Waals surface area contributed by atoms with Gasteiger partial charge in [-0.05, 0) is 83.7 Å². The SMILES string of the molecule is CC(C)(C)[S@@](=O)N[C@@H](COC(C)(C)C(F)(F)F)c1nc2nc([C@H](NCC(F)(F)CN3C(=O)c4ccccc4C3=O)C3CC3)ccc2n1COCC[Si](C)(C)C. The van der Waals surface area contributed by atoms with Crippen LogP contribution in [0.1, 0.15) is 91.8 Å². The zero-order valence-electron chi connectivity index (χ0n) is 32.5. The van der Waals surface area contributed by atoms with Crippen LogP contribution in [0.4, 0.5) is 22.0 Å². The van der Waals surface area contributed by atoms with E-state index in [2.05, 4.69) is 29.7 Å². The third-order valence-corrected chi connectivity index (χ3v) is 12.9. The van der Waals surface area contributed by atoms with Crippen LogP contribution in [0.3, 0.4) is 0 Å². The number of imidazole rings is 1. The molecule has 0 bridgehead atoms. The molecule has 1 aromatic carbocycles. The van der Waals surface area contributed by atoms with E-state index in [1.807, 2.05) is 0 Å². The normalized spacial score (nSPS) is 17.6. The molecule has 2 aliphatic rings. The first kappa shape index (κ1) is 43.0. The van der Waals surface area contributed by atoms with E-state index in [-0.39, 0.29) is 35.2 Å². The van der Waals surface area contributed by atoms with E-state index < -0.39 is 85.1 Å². The molecule has 18 heteroatoms. The highest BCUT2D eigenvalue weighted by molar-refractivity contribution is 7.84. The third kappa shape index (κ3) is 10.4. The fourth-order valence-electron chi connectivity index (χ4n) is 5.86. The number of hydrogen-bond acceptors (Lipinski definition) is 8. The monoisotopic (exact) mass is 814 g/mol. The van der Waals surface area contributed by atoms with Crippen molar-refractivity contribution in [1.82, 2.24) is 29.5 Å². The second-order valence-electron chi connectivity index (χ2n) is 17.0. The van der Waals surface area contributed by atoms with Crippen molar-refractivity contribution >= 4 is 42.0 Å². The topological polar surface area (TPSA) is 128 Å². The summed E-state index contributed by atoms with van der Waals surface area (Å²) in [5, 5.41) is 2.93. The number of fused-ring (bicyclic) bond motifs is 2. The van der Waals surface area contributed by atoms with Crippen LogP contribution in [0.2, 0.25) is 25.7 Å². The number of aromatic nitrogens is 3. The van der Waals surface area contributed by atoms with Crippen LogP contribution in [0, 0.1) is 5.92 Å². The van der Waals surface area contributed by atoms with E-state index in [1.165, 1.54) is 12.1 Å². The zero-order valence-corrected chi connectivity index (χ0v) is 34.3. The van der Waals surface area contributed by atoms with Gasteiger partial charge in [0.2, 0.25) is 0 Å². The average molecular weight is 815 g/mol. The molecule has 11 nitrogen and oxygen atoms in total. The van der Waals surface area contributed by atoms with Gasteiger partial charge in [-0.15, -0.1) is 0 Å². The number of halogens is 5. The van der Waals surface area contributed by atoms with Crippen LogP contribution in [0.25, 0.3) is 11.2 Å². The quantitative estimate of drug-likeness (QED) is 0.0600. The lowest BCUT2D eigenvalue weighted by Crippen LogP contribution is -2.46. The van der Waals surface area contributed by atoms with Gasteiger partial charge in [-0.1, -0.05) is 31.8 Å². The molecule has 1 saturated carbocycles. The largest absolute Gasteiger partial charge is 0.416 e. The summed E-state index contributed by atoms with van der Waals surface area (Å²) in [5.74, 6) is -4.85. The van der Waals surface area contributed by atoms with Gasteiger partial charge in [-0.2, -0.15) is 13.2 Å². The zero-order chi connectivity index (χ0) is 40.7. The number of hydrogen-bond donors (Lipinski definition) is 2. The molecule has 1 aliphatic carbocycles. The Hall–Kier alpha value is -3.16. The van der Waals surface area contributed by atoms with Gasteiger partial charge in [0.15, 0.2) is 11.2 Å². The summed E-state index contributed by atoms with van der Waals surface area (Å²) in [6.07, 6.45) is -3.19. The summed E-state index contributed by atoms with van der Waals surface area (Å²) >= 11 is 0. The van der Waals surface area contributed by atoms with Gasteiger partial charge in [0, 0.05) is 14.7 Å². The van der Waals surface area contributed by atoms with Crippen LogP contribution in [-0.2, 0) is 27.2 Å². The Morgan fingerprint density at radius 1 is 0.945 bits per heavy atom. The molecule has 304 valence electrons. The molecule has 0 spiro atoms. The molecular weight excluding hydrogens is 764 g/mol. The van der Waals surface area contributed by atoms with E-state index in [0.717, 1.165) is 32.7 Å². The lowest BCUT2D eigenvalue weighted by molar-refractivity contribution is -0.265. The van der Waals surface area contributed by atoms with Gasteiger partial charge in [0.05, 0.1) is 63.8 Å².